The third kappa shape index (κ3) is 22.8. The lowest BCUT2D eigenvalue weighted by Gasteiger charge is -2.28. The summed E-state index contributed by atoms with van der Waals surface area (Å²) >= 11 is 0. The molecule has 1 N–H and O–H groups in total. The van der Waals surface area contributed by atoms with Gasteiger partial charge in [0.2, 0.25) is 0 Å². The van der Waals surface area contributed by atoms with Crippen LogP contribution >= 0.6 is 7.26 Å². The van der Waals surface area contributed by atoms with E-state index in [0.29, 0.717) is 6.42 Å². The van der Waals surface area contributed by atoms with E-state index < -0.39 is 17.4 Å². The zero-order valence-corrected chi connectivity index (χ0v) is 22.3. The van der Waals surface area contributed by atoms with E-state index in [1.807, 2.05) is 0 Å². The summed E-state index contributed by atoms with van der Waals surface area (Å²) in [5, 5.41) is 0. The fourth-order valence-corrected chi connectivity index (χ4v) is 9.57. The lowest BCUT2D eigenvalue weighted by Crippen LogP contribution is -2.12. The van der Waals surface area contributed by atoms with Crippen molar-refractivity contribution in [2.75, 3.05) is 30.4 Å². The highest BCUT2D eigenvalue weighted by Crippen LogP contribution is 2.61. The van der Waals surface area contributed by atoms with Gasteiger partial charge in [0.1, 0.15) is 0 Å². The monoisotopic (exact) mass is 453 g/mol. The summed E-state index contributed by atoms with van der Waals surface area (Å²) in [7, 11) is -4.28. The Morgan fingerprint density at radius 3 is 1.14 bits per heavy atom. The minimum absolute atomic E-state index is 0.0842. The number of unbranched alkanes of at least 4 members (excludes halogenated alkanes) is 9. The first-order valence-electron chi connectivity index (χ1n) is 12.6. The Morgan fingerprint density at radius 1 is 0.517 bits per heavy atom. The van der Waals surface area contributed by atoms with Gasteiger partial charge in [-0.3, -0.25) is 4.55 Å². The average molecular weight is 454 g/mol. The lowest BCUT2D eigenvalue weighted by molar-refractivity contribution is 0.478. The molecule has 0 unspecified atom stereocenters. The Labute approximate surface area is 185 Å². The van der Waals surface area contributed by atoms with E-state index in [2.05, 4.69) is 34.6 Å². The molecule has 0 aromatic carbocycles. The third-order valence-electron chi connectivity index (χ3n) is 5.70. The minimum Gasteiger partial charge on any atom is -0.286 e. The van der Waals surface area contributed by atoms with E-state index in [0.717, 1.165) is 12.8 Å². The fraction of sp³-hybridized carbons (Fsp3) is 1.00. The van der Waals surface area contributed by atoms with Crippen LogP contribution in [-0.2, 0) is 10.1 Å². The molecule has 0 radical (unpaired) electrons. The first kappa shape index (κ1) is 31.5. The summed E-state index contributed by atoms with van der Waals surface area (Å²) in [5.41, 5.74) is 0. The van der Waals surface area contributed by atoms with Crippen LogP contribution in [0.3, 0.4) is 0 Å². The van der Waals surface area contributed by atoms with Crippen molar-refractivity contribution in [2.24, 2.45) is 0 Å². The van der Waals surface area contributed by atoms with Gasteiger partial charge in [0, 0.05) is 7.26 Å². The second kappa shape index (κ2) is 21.6. The van der Waals surface area contributed by atoms with Crippen molar-refractivity contribution in [3.63, 3.8) is 0 Å². The third-order valence-corrected chi connectivity index (χ3v) is 11.6. The van der Waals surface area contributed by atoms with Crippen LogP contribution in [-0.4, -0.2) is 43.4 Å². The maximum absolute atomic E-state index is 10.3. The smallest absolute Gasteiger partial charge is 0.264 e. The van der Waals surface area contributed by atoms with E-state index in [-0.39, 0.29) is 5.75 Å². The number of rotatable bonds is 19. The minimum atomic E-state index is -3.72. The van der Waals surface area contributed by atoms with Gasteiger partial charge in [-0.2, -0.15) is 8.42 Å². The van der Waals surface area contributed by atoms with E-state index in [1.54, 1.807) is 24.6 Å². The Morgan fingerprint density at radius 2 is 0.828 bits per heavy atom. The topological polar surface area (TPSA) is 54.4 Å². The van der Waals surface area contributed by atoms with E-state index >= 15 is 0 Å². The molecule has 0 fully saturated rings. The van der Waals surface area contributed by atoms with Crippen molar-refractivity contribution in [2.45, 2.75) is 125 Å². The van der Waals surface area contributed by atoms with E-state index in [4.69, 9.17) is 4.55 Å². The largest absolute Gasteiger partial charge is 0.286 e. The van der Waals surface area contributed by atoms with Crippen molar-refractivity contribution < 1.29 is 13.0 Å². The van der Waals surface area contributed by atoms with Crippen molar-refractivity contribution in [3.05, 3.63) is 0 Å². The number of hydrogen-bond donors (Lipinski definition) is 1. The van der Waals surface area contributed by atoms with Crippen LogP contribution in [0.2, 0.25) is 0 Å². The molecule has 0 aliphatic carbocycles. The highest BCUT2D eigenvalue weighted by atomic mass is 32.2. The van der Waals surface area contributed by atoms with E-state index in [1.165, 1.54) is 70.6 Å². The summed E-state index contributed by atoms with van der Waals surface area (Å²) in [6.45, 7) is 11.6. The van der Waals surface area contributed by atoms with Crippen LogP contribution in [0, 0.1) is 0 Å². The highest BCUT2D eigenvalue weighted by molar-refractivity contribution is 7.85. The van der Waals surface area contributed by atoms with Crippen molar-refractivity contribution >= 4 is 17.4 Å². The summed E-state index contributed by atoms with van der Waals surface area (Å²) in [4.78, 5) is 0. The van der Waals surface area contributed by atoms with Gasteiger partial charge < -0.3 is 0 Å². The van der Waals surface area contributed by atoms with Crippen molar-refractivity contribution in [1.82, 2.24) is 0 Å². The molecule has 0 amide bonds. The Bertz CT molecular complexity index is 386. The maximum atomic E-state index is 10.3. The lowest BCUT2D eigenvalue weighted by atomic mass is 10.1. The quantitative estimate of drug-likeness (QED) is 0.121. The van der Waals surface area contributed by atoms with Crippen molar-refractivity contribution in [3.8, 4) is 0 Å². The Hall–Kier alpha value is 0.340. The summed E-state index contributed by atoms with van der Waals surface area (Å²) in [5.74, 6) is -0.0842. The predicted octanol–water partition coefficient (Wildman–Crippen LogP) is 8.44. The van der Waals surface area contributed by atoms with Crippen LogP contribution in [0.25, 0.3) is 0 Å². The van der Waals surface area contributed by atoms with Crippen LogP contribution in [0.1, 0.15) is 125 Å². The first-order chi connectivity index (χ1) is 13.8. The second-order valence-corrected chi connectivity index (χ2v) is 14.7. The molecule has 0 aliphatic rings. The van der Waals surface area contributed by atoms with Gasteiger partial charge in [-0.15, -0.1) is 0 Å². The van der Waals surface area contributed by atoms with Crippen LogP contribution in [0.15, 0.2) is 0 Å². The molecule has 0 atom stereocenters. The molecule has 178 valence electrons. The van der Waals surface area contributed by atoms with Crippen molar-refractivity contribution in [1.29, 1.82) is 0 Å². The SMILES string of the molecule is CCCCCCCCS(=O)(=O)O.CCCC[P+](CCCC)(CCCC)CCCC. The van der Waals surface area contributed by atoms with Gasteiger partial charge in [0.05, 0.1) is 30.4 Å². The standard InChI is InChI=1S/C16H36P.C8H18O3S/c1-5-9-13-17(14-10-6-2,15-11-7-3)16-12-8-4;1-2-3-4-5-6-7-8-12(9,10)11/h5-16H2,1-4H3;2-8H2,1H3,(H,9,10,11)/q+1;. The molecular formula is C24H54O3PS+. The predicted molar refractivity (Wildman–Crippen MR) is 136 cm³/mol. The van der Waals surface area contributed by atoms with E-state index in [9.17, 15) is 8.42 Å². The van der Waals surface area contributed by atoms with Crippen LogP contribution < -0.4 is 0 Å². The molecule has 0 spiro atoms. The zero-order valence-electron chi connectivity index (χ0n) is 20.6. The molecule has 3 nitrogen and oxygen atoms in total. The normalized spacial score (nSPS) is 11.9. The maximum Gasteiger partial charge on any atom is 0.264 e. The zero-order chi connectivity index (χ0) is 22.4. The molecule has 0 aromatic rings. The molecule has 0 rings (SSSR count). The first-order valence-corrected chi connectivity index (χ1v) is 16.7. The fourth-order valence-electron chi connectivity index (χ4n) is 3.71. The second-order valence-electron chi connectivity index (χ2n) is 8.70. The molecule has 0 saturated carbocycles. The molecule has 0 aromatic heterocycles. The van der Waals surface area contributed by atoms with Gasteiger partial charge in [0.25, 0.3) is 10.1 Å². The molecule has 5 heteroatoms. The molecule has 0 bridgehead atoms. The number of hydrogen-bond acceptors (Lipinski definition) is 2. The van der Waals surface area contributed by atoms with Gasteiger partial charge >= 0.3 is 0 Å². The summed E-state index contributed by atoms with van der Waals surface area (Å²) in [6.07, 6.45) is 24.1. The molecule has 29 heavy (non-hydrogen) atoms. The Kier molecular flexibility index (Phi) is 23.4. The summed E-state index contributed by atoms with van der Waals surface area (Å²) < 4.78 is 28.9. The molecule has 0 aliphatic heterocycles. The van der Waals surface area contributed by atoms with Gasteiger partial charge in [-0.05, 0) is 32.1 Å². The van der Waals surface area contributed by atoms with Gasteiger partial charge in [-0.25, -0.2) is 0 Å². The van der Waals surface area contributed by atoms with Gasteiger partial charge in [-0.1, -0.05) is 92.4 Å². The molecule has 0 heterocycles. The molecule has 0 saturated heterocycles. The average Bonchev–Trinajstić information content (AvgIpc) is 2.69. The van der Waals surface area contributed by atoms with Crippen LogP contribution in [0.5, 0.6) is 0 Å². The summed E-state index contributed by atoms with van der Waals surface area (Å²) in [6, 6.07) is 0. The molecular weight excluding hydrogens is 399 g/mol. The highest BCUT2D eigenvalue weighted by Gasteiger charge is 2.34. The Balaban J connectivity index is 0. The van der Waals surface area contributed by atoms with Gasteiger partial charge in [0.15, 0.2) is 0 Å². The van der Waals surface area contributed by atoms with Crippen LogP contribution in [0.4, 0.5) is 0 Å².